The molecule has 1 amide bonds. The Morgan fingerprint density at radius 2 is 1.85 bits per heavy atom. The largest absolute Gasteiger partial charge is 0.508 e. The Bertz CT molecular complexity index is 430. The zero-order valence-corrected chi connectivity index (χ0v) is 12.9. The number of aromatic hydroxyl groups is 1. The summed E-state index contributed by atoms with van der Waals surface area (Å²) in [7, 11) is 0. The Balaban J connectivity index is 2.79. The number of amides is 1. The zero-order valence-electron chi connectivity index (χ0n) is 12.9. The average Bonchev–Trinajstić information content (AvgIpc) is 2.46. The second kappa shape index (κ2) is 7.90. The van der Waals surface area contributed by atoms with Crippen LogP contribution in [0.4, 0.5) is 0 Å². The van der Waals surface area contributed by atoms with Gasteiger partial charge in [-0.25, -0.2) is 0 Å². The Morgan fingerprint density at radius 1 is 1.25 bits per heavy atom. The number of para-hydroxylation sites is 1. The third-order valence-electron chi connectivity index (χ3n) is 3.62. The number of nitrogens with one attached hydrogen (secondary N) is 1. The van der Waals surface area contributed by atoms with Gasteiger partial charge in [-0.3, -0.25) is 10.1 Å². The normalized spacial score (nSPS) is 13.8. The first-order valence-electron chi connectivity index (χ1n) is 7.37. The van der Waals surface area contributed by atoms with Crippen LogP contribution in [0.25, 0.3) is 0 Å². The number of carbonyl (C=O) groups excluding carboxylic acids is 1. The monoisotopic (exact) mass is 278 g/mol. The molecular formula is C16H26N2O2. The second-order valence-corrected chi connectivity index (χ2v) is 4.92. The van der Waals surface area contributed by atoms with Gasteiger partial charge < -0.3 is 10.0 Å². The number of hydrogen-bond acceptors (Lipinski definition) is 3. The number of nitrogens with zero attached hydrogens (tertiary/aromatic N) is 1. The molecule has 0 fully saturated rings. The van der Waals surface area contributed by atoms with E-state index in [-0.39, 0.29) is 23.7 Å². The van der Waals surface area contributed by atoms with Crippen molar-refractivity contribution in [2.24, 2.45) is 0 Å². The SMILES string of the molecule is CCC(NC(C)C(=O)N(CC)CC)c1ccccc1O. The van der Waals surface area contributed by atoms with Crippen LogP contribution < -0.4 is 5.32 Å². The number of phenolic OH excluding ortho intramolecular Hbond substituents is 1. The van der Waals surface area contributed by atoms with Gasteiger partial charge in [0.05, 0.1) is 6.04 Å². The van der Waals surface area contributed by atoms with Gasteiger partial charge in [-0.05, 0) is 33.3 Å². The van der Waals surface area contributed by atoms with E-state index in [1.807, 2.05) is 44.7 Å². The van der Waals surface area contributed by atoms with Crippen molar-refractivity contribution in [1.29, 1.82) is 0 Å². The van der Waals surface area contributed by atoms with Gasteiger partial charge in [0, 0.05) is 24.7 Å². The molecule has 0 spiro atoms. The van der Waals surface area contributed by atoms with Crippen LogP contribution in [0.15, 0.2) is 24.3 Å². The fourth-order valence-electron chi connectivity index (χ4n) is 2.39. The summed E-state index contributed by atoms with van der Waals surface area (Å²) in [4.78, 5) is 14.1. The molecule has 0 heterocycles. The molecule has 0 aromatic heterocycles. The van der Waals surface area contributed by atoms with Crippen molar-refractivity contribution >= 4 is 5.91 Å². The van der Waals surface area contributed by atoms with Crippen molar-refractivity contribution in [3.05, 3.63) is 29.8 Å². The van der Waals surface area contributed by atoms with Gasteiger partial charge in [0.2, 0.25) is 5.91 Å². The minimum Gasteiger partial charge on any atom is -0.508 e. The highest BCUT2D eigenvalue weighted by Gasteiger charge is 2.22. The van der Waals surface area contributed by atoms with Gasteiger partial charge in [0.1, 0.15) is 5.75 Å². The molecule has 1 aromatic carbocycles. The van der Waals surface area contributed by atoms with E-state index in [0.717, 1.165) is 12.0 Å². The highest BCUT2D eigenvalue weighted by atomic mass is 16.3. The maximum absolute atomic E-state index is 12.3. The van der Waals surface area contributed by atoms with Gasteiger partial charge in [0.15, 0.2) is 0 Å². The van der Waals surface area contributed by atoms with Gasteiger partial charge >= 0.3 is 0 Å². The third-order valence-corrected chi connectivity index (χ3v) is 3.62. The molecule has 0 aliphatic rings. The minimum absolute atomic E-state index is 0.0225. The predicted octanol–water partition coefficient (Wildman–Crippen LogP) is 2.69. The Morgan fingerprint density at radius 3 is 2.35 bits per heavy atom. The van der Waals surface area contributed by atoms with Crippen LogP contribution in [0.3, 0.4) is 0 Å². The molecule has 0 aliphatic heterocycles. The van der Waals surface area contributed by atoms with Crippen molar-refractivity contribution in [3.8, 4) is 5.75 Å². The molecule has 0 aliphatic carbocycles. The minimum atomic E-state index is -0.264. The van der Waals surface area contributed by atoms with E-state index in [2.05, 4.69) is 5.32 Å². The number of hydrogen-bond donors (Lipinski definition) is 2. The van der Waals surface area contributed by atoms with E-state index in [1.54, 1.807) is 12.1 Å². The van der Waals surface area contributed by atoms with Crippen molar-refractivity contribution in [2.75, 3.05) is 13.1 Å². The Kier molecular flexibility index (Phi) is 6.52. The molecule has 20 heavy (non-hydrogen) atoms. The van der Waals surface area contributed by atoms with Gasteiger partial charge in [-0.15, -0.1) is 0 Å². The molecule has 1 aromatic rings. The molecule has 2 atom stereocenters. The summed E-state index contributed by atoms with van der Waals surface area (Å²) in [6.07, 6.45) is 0.813. The second-order valence-electron chi connectivity index (χ2n) is 4.92. The first-order valence-corrected chi connectivity index (χ1v) is 7.37. The summed E-state index contributed by atoms with van der Waals surface area (Å²) in [5.74, 6) is 0.373. The van der Waals surface area contributed by atoms with E-state index in [0.29, 0.717) is 13.1 Å². The third kappa shape index (κ3) is 3.97. The van der Waals surface area contributed by atoms with E-state index < -0.39 is 0 Å². The number of phenols is 1. The smallest absolute Gasteiger partial charge is 0.239 e. The fraction of sp³-hybridized carbons (Fsp3) is 0.562. The molecule has 2 N–H and O–H groups in total. The fourth-order valence-corrected chi connectivity index (χ4v) is 2.39. The van der Waals surface area contributed by atoms with Crippen molar-refractivity contribution < 1.29 is 9.90 Å². The summed E-state index contributed by atoms with van der Waals surface area (Å²) in [6, 6.07) is 6.98. The molecule has 0 bridgehead atoms. The van der Waals surface area contributed by atoms with Crippen LogP contribution in [-0.4, -0.2) is 35.0 Å². The molecule has 0 saturated heterocycles. The van der Waals surface area contributed by atoms with Crippen LogP contribution in [0, 0.1) is 0 Å². The number of carbonyl (C=O) groups is 1. The maximum Gasteiger partial charge on any atom is 0.239 e. The highest BCUT2D eigenvalue weighted by Crippen LogP contribution is 2.26. The lowest BCUT2D eigenvalue weighted by Crippen LogP contribution is -2.45. The molecule has 2 unspecified atom stereocenters. The molecule has 4 nitrogen and oxygen atoms in total. The lowest BCUT2D eigenvalue weighted by molar-refractivity contribution is -0.132. The van der Waals surface area contributed by atoms with Crippen LogP contribution in [0.5, 0.6) is 5.75 Å². The molecule has 0 radical (unpaired) electrons. The summed E-state index contributed by atoms with van der Waals surface area (Å²) >= 11 is 0. The van der Waals surface area contributed by atoms with E-state index in [9.17, 15) is 9.90 Å². The quantitative estimate of drug-likeness (QED) is 0.806. The van der Waals surface area contributed by atoms with Crippen molar-refractivity contribution in [3.63, 3.8) is 0 Å². The topological polar surface area (TPSA) is 52.6 Å². The van der Waals surface area contributed by atoms with Crippen molar-refractivity contribution in [1.82, 2.24) is 10.2 Å². The number of rotatable bonds is 7. The molecule has 112 valence electrons. The molecule has 1 rings (SSSR count). The van der Waals surface area contributed by atoms with Crippen LogP contribution >= 0.6 is 0 Å². The van der Waals surface area contributed by atoms with E-state index >= 15 is 0 Å². The van der Waals surface area contributed by atoms with E-state index in [1.165, 1.54) is 0 Å². The summed E-state index contributed by atoms with van der Waals surface area (Å²) in [6.45, 7) is 9.31. The lowest BCUT2D eigenvalue weighted by atomic mass is 10.0. The first kappa shape index (κ1) is 16.5. The lowest BCUT2D eigenvalue weighted by Gasteiger charge is -2.27. The Labute approximate surface area is 121 Å². The molecule has 4 heteroatoms. The Hall–Kier alpha value is -1.55. The average molecular weight is 278 g/mol. The molecule has 0 saturated carbocycles. The van der Waals surface area contributed by atoms with Gasteiger partial charge in [-0.1, -0.05) is 25.1 Å². The standard InChI is InChI=1S/C16H26N2O2/c1-5-14(13-10-8-9-11-15(13)19)17-12(4)16(20)18(6-2)7-3/h8-12,14,17,19H,5-7H2,1-4H3. The van der Waals surface area contributed by atoms with Gasteiger partial charge in [-0.2, -0.15) is 0 Å². The van der Waals surface area contributed by atoms with Crippen LogP contribution in [0.1, 0.15) is 45.7 Å². The summed E-state index contributed by atoms with van der Waals surface area (Å²) in [5, 5.41) is 13.3. The van der Waals surface area contributed by atoms with Crippen molar-refractivity contribution in [2.45, 2.75) is 46.2 Å². The van der Waals surface area contributed by atoms with Gasteiger partial charge in [0.25, 0.3) is 0 Å². The molecular weight excluding hydrogens is 252 g/mol. The number of likely N-dealkylation sites (N-methyl/N-ethyl adjacent to an activating group) is 1. The summed E-state index contributed by atoms with van der Waals surface area (Å²) < 4.78 is 0. The predicted molar refractivity (Wildman–Crippen MR) is 81.7 cm³/mol. The number of benzene rings is 1. The highest BCUT2D eigenvalue weighted by molar-refractivity contribution is 5.81. The van der Waals surface area contributed by atoms with Crippen LogP contribution in [-0.2, 0) is 4.79 Å². The van der Waals surface area contributed by atoms with E-state index in [4.69, 9.17) is 0 Å². The first-order chi connectivity index (χ1) is 9.54. The maximum atomic E-state index is 12.3. The summed E-state index contributed by atoms with van der Waals surface area (Å²) in [5.41, 5.74) is 0.842. The zero-order chi connectivity index (χ0) is 15.1. The van der Waals surface area contributed by atoms with Crippen LogP contribution in [0.2, 0.25) is 0 Å².